The lowest BCUT2D eigenvalue weighted by atomic mass is 9.99. The third kappa shape index (κ3) is 3.27. The number of nitrogens with zero attached hydrogens (tertiary/aromatic N) is 1. The summed E-state index contributed by atoms with van der Waals surface area (Å²) in [5.74, 6) is 0.940. The molecule has 19 heavy (non-hydrogen) atoms. The van der Waals surface area contributed by atoms with Crippen LogP contribution in [-0.4, -0.2) is 11.7 Å². The van der Waals surface area contributed by atoms with Crippen LogP contribution in [0.5, 0.6) is 11.5 Å². The smallest absolute Gasteiger partial charge is 0.278 e. The van der Waals surface area contributed by atoms with Gasteiger partial charge in [-0.25, -0.2) is 0 Å². The number of rotatable bonds is 5. The molecule has 1 aliphatic rings. The van der Waals surface area contributed by atoms with E-state index in [1.807, 2.05) is 0 Å². The lowest BCUT2D eigenvalue weighted by Gasteiger charge is -2.12. The van der Waals surface area contributed by atoms with Crippen LogP contribution in [-0.2, 0) is 0 Å². The molecule has 1 aromatic rings. The molecule has 0 radical (unpaired) electrons. The first-order chi connectivity index (χ1) is 8.63. The quantitative estimate of drug-likeness (QED) is 0.665. The SMILES string of the molecule is CCCC[C@@H](N)c1cc2c(cc1[N+](=O)[O-])OCO2.Cl. The Morgan fingerprint density at radius 2 is 2.05 bits per heavy atom. The molecule has 0 spiro atoms. The molecular formula is C12H17ClN2O4. The Morgan fingerprint density at radius 1 is 1.42 bits per heavy atom. The van der Waals surface area contributed by atoms with E-state index >= 15 is 0 Å². The Kier molecular flexibility index (Phi) is 5.38. The summed E-state index contributed by atoms with van der Waals surface area (Å²) < 4.78 is 10.4. The van der Waals surface area contributed by atoms with Crippen LogP contribution in [0.2, 0.25) is 0 Å². The van der Waals surface area contributed by atoms with E-state index in [2.05, 4.69) is 6.92 Å². The van der Waals surface area contributed by atoms with Crippen LogP contribution in [0, 0.1) is 10.1 Å². The molecule has 1 aliphatic heterocycles. The molecule has 1 atom stereocenters. The molecule has 0 saturated heterocycles. The second-order valence-corrected chi connectivity index (χ2v) is 4.27. The highest BCUT2D eigenvalue weighted by Crippen LogP contribution is 2.40. The fourth-order valence-electron chi connectivity index (χ4n) is 1.98. The van der Waals surface area contributed by atoms with Gasteiger partial charge in [0.15, 0.2) is 11.5 Å². The Balaban J connectivity index is 0.00000180. The van der Waals surface area contributed by atoms with Crippen molar-refractivity contribution in [2.75, 3.05) is 6.79 Å². The van der Waals surface area contributed by atoms with E-state index in [-0.39, 0.29) is 30.9 Å². The van der Waals surface area contributed by atoms with Crippen LogP contribution < -0.4 is 15.2 Å². The summed E-state index contributed by atoms with van der Waals surface area (Å²) >= 11 is 0. The molecule has 7 heteroatoms. The zero-order chi connectivity index (χ0) is 13.1. The van der Waals surface area contributed by atoms with Gasteiger partial charge >= 0.3 is 0 Å². The first-order valence-electron chi connectivity index (χ1n) is 5.97. The third-order valence-electron chi connectivity index (χ3n) is 2.99. The van der Waals surface area contributed by atoms with Crippen LogP contribution in [0.3, 0.4) is 0 Å². The summed E-state index contributed by atoms with van der Waals surface area (Å²) in [7, 11) is 0. The lowest BCUT2D eigenvalue weighted by molar-refractivity contribution is -0.385. The maximum atomic E-state index is 11.1. The van der Waals surface area contributed by atoms with E-state index in [0.717, 1.165) is 19.3 Å². The molecule has 0 bridgehead atoms. The van der Waals surface area contributed by atoms with Gasteiger partial charge < -0.3 is 15.2 Å². The van der Waals surface area contributed by atoms with Crippen LogP contribution in [0.1, 0.15) is 37.8 Å². The minimum atomic E-state index is -0.427. The van der Waals surface area contributed by atoms with Gasteiger partial charge in [-0.15, -0.1) is 12.4 Å². The van der Waals surface area contributed by atoms with Gasteiger partial charge in [0.05, 0.1) is 16.6 Å². The van der Waals surface area contributed by atoms with Gasteiger partial charge in [0.1, 0.15) is 0 Å². The summed E-state index contributed by atoms with van der Waals surface area (Å²) in [6, 6.07) is 2.67. The monoisotopic (exact) mass is 288 g/mol. The topological polar surface area (TPSA) is 87.6 Å². The van der Waals surface area contributed by atoms with Gasteiger partial charge in [-0.1, -0.05) is 19.8 Å². The minimum Gasteiger partial charge on any atom is -0.454 e. The second kappa shape index (κ2) is 6.58. The van der Waals surface area contributed by atoms with Crippen molar-refractivity contribution in [2.45, 2.75) is 32.2 Å². The summed E-state index contributed by atoms with van der Waals surface area (Å²) in [4.78, 5) is 10.6. The maximum Gasteiger partial charge on any atom is 0.278 e. The highest BCUT2D eigenvalue weighted by atomic mass is 35.5. The molecule has 0 amide bonds. The largest absolute Gasteiger partial charge is 0.454 e. The zero-order valence-corrected chi connectivity index (χ0v) is 11.4. The molecule has 0 unspecified atom stereocenters. The fraction of sp³-hybridized carbons (Fsp3) is 0.500. The van der Waals surface area contributed by atoms with Crippen molar-refractivity contribution in [1.82, 2.24) is 0 Å². The zero-order valence-electron chi connectivity index (χ0n) is 10.6. The third-order valence-corrected chi connectivity index (χ3v) is 2.99. The Labute approximate surface area is 117 Å². The number of halogens is 1. The van der Waals surface area contributed by atoms with Gasteiger partial charge in [-0.2, -0.15) is 0 Å². The van der Waals surface area contributed by atoms with Crippen LogP contribution in [0.15, 0.2) is 12.1 Å². The highest BCUT2D eigenvalue weighted by molar-refractivity contribution is 5.85. The molecule has 1 aromatic carbocycles. The van der Waals surface area contributed by atoms with Crippen LogP contribution in [0.4, 0.5) is 5.69 Å². The van der Waals surface area contributed by atoms with Crippen LogP contribution >= 0.6 is 12.4 Å². The summed E-state index contributed by atoms with van der Waals surface area (Å²) in [6.45, 7) is 2.15. The van der Waals surface area contributed by atoms with E-state index in [1.54, 1.807) is 6.07 Å². The molecular weight excluding hydrogens is 272 g/mol. The van der Waals surface area contributed by atoms with Gasteiger partial charge in [-0.05, 0) is 12.5 Å². The van der Waals surface area contributed by atoms with E-state index < -0.39 is 4.92 Å². The number of nitro benzene ring substituents is 1. The van der Waals surface area contributed by atoms with E-state index in [9.17, 15) is 10.1 Å². The van der Waals surface area contributed by atoms with Crippen LogP contribution in [0.25, 0.3) is 0 Å². The number of benzene rings is 1. The predicted octanol–water partition coefficient (Wildman–Crippen LogP) is 2.94. The van der Waals surface area contributed by atoms with Crippen molar-refractivity contribution < 1.29 is 14.4 Å². The minimum absolute atomic E-state index is 0. The van der Waals surface area contributed by atoms with E-state index in [4.69, 9.17) is 15.2 Å². The van der Waals surface area contributed by atoms with Gasteiger partial charge in [0, 0.05) is 6.04 Å². The van der Waals surface area contributed by atoms with E-state index in [0.29, 0.717) is 17.1 Å². The summed E-state index contributed by atoms with van der Waals surface area (Å²) in [5, 5.41) is 11.1. The Morgan fingerprint density at radius 3 is 2.63 bits per heavy atom. The predicted molar refractivity (Wildman–Crippen MR) is 72.9 cm³/mol. The molecule has 1 heterocycles. The Bertz CT molecular complexity index is 467. The Hall–Kier alpha value is -1.53. The molecule has 2 N–H and O–H groups in total. The molecule has 6 nitrogen and oxygen atoms in total. The fourth-order valence-corrected chi connectivity index (χ4v) is 1.98. The van der Waals surface area contributed by atoms with Crippen molar-refractivity contribution >= 4 is 18.1 Å². The highest BCUT2D eigenvalue weighted by Gasteiger charge is 2.26. The summed E-state index contributed by atoms with van der Waals surface area (Å²) in [6.07, 6.45) is 2.66. The molecule has 0 fully saturated rings. The molecule has 0 aromatic heterocycles. The second-order valence-electron chi connectivity index (χ2n) is 4.27. The lowest BCUT2D eigenvalue weighted by Crippen LogP contribution is -2.12. The number of nitrogens with two attached hydrogens (primary N) is 1. The van der Waals surface area contributed by atoms with Gasteiger partial charge in [0.2, 0.25) is 6.79 Å². The van der Waals surface area contributed by atoms with Crippen molar-refractivity contribution in [3.05, 3.63) is 27.8 Å². The first-order valence-corrected chi connectivity index (χ1v) is 5.97. The molecule has 0 aliphatic carbocycles. The number of unbranched alkanes of at least 4 members (excludes halogenated alkanes) is 1. The maximum absolute atomic E-state index is 11.1. The van der Waals surface area contributed by atoms with Gasteiger partial charge in [-0.3, -0.25) is 10.1 Å². The van der Waals surface area contributed by atoms with Crippen molar-refractivity contribution in [2.24, 2.45) is 5.73 Å². The van der Waals surface area contributed by atoms with Crippen molar-refractivity contribution in [3.8, 4) is 11.5 Å². The molecule has 106 valence electrons. The van der Waals surface area contributed by atoms with Crippen molar-refractivity contribution in [1.29, 1.82) is 0 Å². The number of ether oxygens (including phenoxy) is 2. The number of hydrogen-bond donors (Lipinski definition) is 1. The van der Waals surface area contributed by atoms with Crippen molar-refractivity contribution in [3.63, 3.8) is 0 Å². The average Bonchev–Trinajstić information content (AvgIpc) is 2.81. The standard InChI is InChI=1S/C12H16N2O4.ClH/c1-2-3-4-9(13)8-5-11-12(18-7-17-11)6-10(8)14(15)16;/h5-6,9H,2-4,7,13H2,1H3;1H/t9-;/m1./s1. The number of nitro groups is 1. The normalized spacial score (nSPS) is 13.8. The van der Waals surface area contributed by atoms with Gasteiger partial charge in [0.25, 0.3) is 5.69 Å². The molecule has 2 rings (SSSR count). The van der Waals surface area contributed by atoms with E-state index in [1.165, 1.54) is 6.07 Å². The summed E-state index contributed by atoms with van der Waals surface area (Å²) in [5.41, 5.74) is 6.53. The number of hydrogen-bond acceptors (Lipinski definition) is 5. The number of fused-ring (bicyclic) bond motifs is 1. The molecule has 0 saturated carbocycles. The first kappa shape index (κ1) is 15.5. The average molecular weight is 289 g/mol.